The molecule has 0 spiro atoms. The molecular weight excluding hydrogens is 330 g/mol. The molecule has 0 aliphatic carbocycles. The van der Waals surface area contributed by atoms with Crippen molar-refractivity contribution in [3.63, 3.8) is 0 Å². The minimum atomic E-state index is -0.185. The fourth-order valence-corrected chi connectivity index (χ4v) is 2.62. The second-order valence-electron chi connectivity index (χ2n) is 5.90. The average molecular weight is 355 g/mol. The van der Waals surface area contributed by atoms with Crippen molar-refractivity contribution in [2.75, 3.05) is 21.3 Å². The lowest BCUT2D eigenvalue weighted by atomic mass is 10.1. The van der Waals surface area contributed by atoms with Crippen LogP contribution >= 0.6 is 0 Å². The van der Waals surface area contributed by atoms with E-state index < -0.39 is 0 Å². The van der Waals surface area contributed by atoms with Gasteiger partial charge in [-0.05, 0) is 37.6 Å². The van der Waals surface area contributed by atoms with Gasteiger partial charge in [0.15, 0.2) is 11.5 Å². The number of methoxy groups -OCH3 is 3. The van der Waals surface area contributed by atoms with Crippen LogP contribution in [0.25, 0.3) is 6.08 Å². The molecule has 2 aromatic carbocycles. The quantitative estimate of drug-likeness (QED) is 0.765. The van der Waals surface area contributed by atoms with E-state index in [4.69, 9.17) is 14.2 Å². The summed E-state index contributed by atoms with van der Waals surface area (Å²) in [6.07, 6.45) is 3.17. The fourth-order valence-electron chi connectivity index (χ4n) is 2.62. The topological polar surface area (TPSA) is 56.8 Å². The molecule has 2 rings (SSSR count). The van der Waals surface area contributed by atoms with Gasteiger partial charge in [-0.15, -0.1) is 0 Å². The fraction of sp³-hybridized carbons (Fsp3) is 0.286. The summed E-state index contributed by atoms with van der Waals surface area (Å²) in [6, 6.07) is 11.6. The Balaban J connectivity index is 2.13. The van der Waals surface area contributed by atoms with Crippen LogP contribution in [0.15, 0.2) is 42.5 Å². The van der Waals surface area contributed by atoms with E-state index >= 15 is 0 Å². The number of amides is 1. The molecule has 5 heteroatoms. The Morgan fingerprint density at radius 2 is 1.62 bits per heavy atom. The number of carbonyl (C=O) groups excluding carboxylic acids is 1. The molecule has 5 nitrogen and oxygen atoms in total. The summed E-state index contributed by atoms with van der Waals surface area (Å²) >= 11 is 0. The smallest absolute Gasteiger partial charge is 0.244 e. The van der Waals surface area contributed by atoms with Crippen molar-refractivity contribution in [1.29, 1.82) is 0 Å². The van der Waals surface area contributed by atoms with Crippen molar-refractivity contribution in [3.05, 3.63) is 59.2 Å². The predicted molar refractivity (Wildman–Crippen MR) is 103 cm³/mol. The number of rotatable bonds is 7. The van der Waals surface area contributed by atoms with Crippen molar-refractivity contribution in [3.8, 4) is 17.2 Å². The van der Waals surface area contributed by atoms with Crippen LogP contribution in [0.2, 0.25) is 0 Å². The van der Waals surface area contributed by atoms with Gasteiger partial charge in [0, 0.05) is 11.6 Å². The van der Waals surface area contributed by atoms with Crippen molar-refractivity contribution in [2.45, 2.75) is 19.9 Å². The molecule has 1 N–H and O–H groups in total. The van der Waals surface area contributed by atoms with Crippen LogP contribution in [0, 0.1) is 6.92 Å². The van der Waals surface area contributed by atoms with Crippen LogP contribution < -0.4 is 19.5 Å². The first-order valence-electron chi connectivity index (χ1n) is 8.34. The SMILES string of the molecule is COc1ccc(/C=C/C(=O)N[C@@H](C)c2ccc(C)cc2)c(OC)c1OC. The molecule has 0 radical (unpaired) electrons. The Morgan fingerprint density at radius 3 is 2.19 bits per heavy atom. The first kappa shape index (κ1) is 19.4. The zero-order valence-electron chi connectivity index (χ0n) is 15.8. The summed E-state index contributed by atoms with van der Waals surface area (Å²) in [7, 11) is 4.66. The van der Waals surface area contributed by atoms with E-state index in [-0.39, 0.29) is 11.9 Å². The highest BCUT2D eigenvalue weighted by Gasteiger charge is 2.14. The summed E-state index contributed by atoms with van der Waals surface area (Å²) in [4.78, 5) is 12.2. The molecule has 0 saturated carbocycles. The molecule has 138 valence electrons. The van der Waals surface area contributed by atoms with E-state index in [2.05, 4.69) is 5.32 Å². The summed E-state index contributed by atoms with van der Waals surface area (Å²) in [5.74, 6) is 1.39. The molecule has 0 unspecified atom stereocenters. The Labute approximate surface area is 154 Å². The first-order valence-corrected chi connectivity index (χ1v) is 8.34. The highest BCUT2D eigenvalue weighted by molar-refractivity contribution is 5.92. The Hall–Kier alpha value is -2.95. The number of nitrogens with one attached hydrogen (secondary N) is 1. The number of carbonyl (C=O) groups is 1. The maximum atomic E-state index is 12.2. The van der Waals surface area contributed by atoms with Gasteiger partial charge in [-0.25, -0.2) is 0 Å². The summed E-state index contributed by atoms with van der Waals surface area (Å²) in [5.41, 5.74) is 2.97. The molecule has 0 heterocycles. The number of hydrogen-bond donors (Lipinski definition) is 1. The van der Waals surface area contributed by atoms with Crippen molar-refractivity contribution in [2.24, 2.45) is 0 Å². The van der Waals surface area contributed by atoms with Crippen LogP contribution in [0.4, 0.5) is 0 Å². The molecule has 26 heavy (non-hydrogen) atoms. The van der Waals surface area contributed by atoms with Crippen molar-refractivity contribution < 1.29 is 19.0 Å². The minimum Gasteiger partial charge on any atom is -0.493 e. The third kappa shape index (κ3) is 4.57. The molecule has 0 saturated heterocycles. The van der Waals surface area contributed by atoms with Gasteiger partial charge in [0.2, 0.25) is 11.7 Å². The van der Waals surface area contributed by atoms with Gasteiger partial charge in [-0.1, -0.05) is 29.8 Å². The second kappa shape index (κ2) is 8.94. The van der Waals surface area contributed by atoms with E-state index in [0.717, 1.165) is 11.1 Å². The van der Waals surface area contributed by atoms with Gasteiger partial charge in [-0.3, -0.25) is 4.79 Å². The first-order chi connectivity index (χ1) is 12.5. The zero-order valence-corrected chi connectivity index (χ0v) is 15.8. The standard InChI is InChI=1S/C21H25NO4/c1-14-6-8-16(9-7-14)15(2)22-19(23)13-11-17-10-12-18(24-3)21(26-5)20(17)25-4/h6-13,15H,1-5H3,(H,22,23)/b13-11+/t15-/m0/s1. The monoisotopic (exact) mass is 355 g/mol. The van der Waals surface area contributed by atoms with Gasteiger partial charge in [0.05, 0.1) is 27.4 Å². The van der Waals surface area contributed by atoms with Crippen LogP contribution in [0.5, 0.6) is 17.2 Å². The Kier molecular flexibility index (Phi) is 6.67. The van der Waals surface area contributed by atoms with Crippen LogP contribution in [0.1, 0.15) is 29.7 Å². The van der Waals surface area contributed by atoms with E-state index in [1.165, 1.54) is 11.6 Å². The van der Waals surface area contributed by atoms with Gasteiger partial charge in [0.25, 0.3) is 0 Å². The number of aryl methyl sites for hydroxylation is 1. The van der Waals surface area contributed by atoms with Gasteiger partial charge >= 0.3 is 0 Å². The highest BCUT2D eigenvalue weighted by Crippen LogP contribution is 2.40. The van der Waals surface area contributed by atoms with Crippen LogP contribution in [-0.4, -0.2) is 27.2 Å². The average Bonchev–Trinajstić information content (AvgIpc) is 2.65. The van der Waals surface area contributed by atoms with Crippen LogP contribution in [0.3, 0.4) is 0 Å². The molecule has 0 aromatic heterocycles. The summed E-state index contributed by atoms with van der Waals surface area (Å²) in [6.45, 7) is 3.99. The minimum absolute atomic E-state index is 0.0833. The van der Waals surface area contributed by atoms with Gasteiger partial charge in [0.1, 0.15) is 0 Å². The molecule has 0 aliphatic heterocycles. The molecule has 0 aliphatic rings. The molecular formula is C21H25NO4. The normalized spacial score (nSPS) is 11.9. The lowest BCUT2D eigenvalue weighted by Gasteiger charge is -2.14. The molecule has 0 bridgehead atoms. The van der Waals surface area contributed by atoms with Gasteiger partial charge in [-0.2, -0.15) is 0 Å². The van der Waals surface area contributed by atoms with E-state index in [0.29, 0.717) is 17.2 Å². The second-order valence-corrected chi connectivity index (χ2v) is 5.90. The number of hydrogen-bond acceptors (Lipinski definition) is 4. The molecule has 2 aromatic rings. The highest BCUT2D eigenvalue weighted by atomic mass is 16.5. The molecule has 0 fully saturated rings. The third-order valence-electron chi connectivity index (χ3n) is 4.09. The van der Waals surface area contributed by atoms with E-state index in [1.54, 1.807) is 33.5 Å². The number of ether oxygens (including phenoxy) is 3. The Bertz CT molecular complexity index is 781. The molecule has 1 atom stereocenters. The Morgan fingerprint density at radius 1 is 0.962 bits per heavy atom. The summed E-state index contributed by atoms with van der Waals surface area (Å²) in [5, 5.41) is 2.95. The van der Waals surface area contributed by atoms with Crippen molar-refractivity contribution >= 4 is 12.0 Å². The number of benzene rings is 2. The zero-order chi connectivity index (χ0) is 19.1. The molecule has 1 amide bonds. The van der Waals surface area contributed by atoms with E-state index in [1.807, 2.05) is 44.2 Å². The van der Waals surface area contributed by atoms with Crippen LogP contribution in [-0.2, 0) is 4.79 Å². The van der Waals surface area contributed by atoms with E-state index in [9.17, 15) is 4.79 Å². The summed E-state index contributed by atoms with van der Waals surface area (Å²) < 4.78 is 16.0. The lowest BCUT2D eigenvalue weighted by molar-refractivity contribution is -0.117. The lowest BCUT2D eigenvalue weighted by Crippen LogP contribution is -2.24. The predicted octanol–water partition coefficient (Wildman–Crippen LogP) is 3.91. The third-order valence-corrected chi connectivity index (χ3v) is 4.09. The largest absolute Gasteiger partial charge is 0.493 e. The maximum absolute atomic E-state index is 12.2. The maximum Gasteiger partial charge on any atom is 0.244 e. The van der Waals surface area contributed by atoms with Gasteiger partial charge < -0.3 is 19.5 Å². The van der Waals surface area contributed by atoms with Crippen molar-refractivity contribution in [1.82, 2.24) is 5.32 Å².